The number of nitrogens with zero attached hydrogens (tertiary/aromatic N) is 3. The SMILES string of the molecule is CCOc1ccc(-c2nc(OCC)ccc2N2CCN(c3ccc(OC)cc3)CC2)cc1. The number of rotatable bonds is 8. The van der Waals surface area contributed by atoms with Crippen LogP contribution in [-0.4, -0.2) is 51.5 Å². The number of ether oxygens (including phenoxy) is 3. The number of aromatic nitrogens is 1. The number of piperazine rings is 1. The van der Waals surface area contributed by atoms with Crippen LogP contribution in [0.4, 0.5) is 11.4 Å². The predicted molar refractivity (Wildman–Crippen MR) is 129 cm³/mol. The van der Waals surface area contributed by atoms with Gasteiger partial charge < -0.3 is 24.0 Å². The smallest absolute Gasteiger partial charge is 0.213 e. The van der Waals surface area contributed by atoms with Crippen molar-refractivity contribution in [2.45, 2.75) is 13.8 Å². The van der Waals surface area contributed by atoms with Crippen molar-refractivity contribution in [1.82, 2.24) is 4.98 Å². The zero-order chi connectivity index (χ0) is 22.3. The number of anilines is 2. The molecule has 4 rings (SSSR count). The fourth-order valence-corrected chi connectivity index (χ4v) is 4.00. The van der Waals surface area contributed by atoms with E-state index < -0.39 is 0 Å². The largest absolute Gasteiger partial charge is 0.497 e. The van der Waals surface area contributed by atoms with Gasteiger partial charge >= 0.3 is 0 Å². The van der Waals surface area contributed by atoms with E-state index >= 15 is 0 Å². The Balaban J connectivity index is 1.55. The van der Waals surface area contributed by atoms with Gasteiger partial charge in [0, 0.05) is 43.5 Å². The first-order valence-corrected chi connectivity index (χ1v) is 11.2. The summed E-state index contributed by atoms with van der Waals surface area (Å²) in [5, 5.41) is 0. The van der Waals surface area contributed by atoms with Gasteiger partial charge in [-0.1, -0.05) is 0 Å². The van der Waals surface area contributed by atoms with Crippen molar-refractivity contribution in [3.63, 3.8) is 0 Å². The molecule has 1 aromatic heterocycles. The Hall–Kier alpha value is -3.41. The second-order valence-corrected chi connectivity index (χ2v) is 7.58. The zero-order valence-corrected chi connectivity index (χ0v) is 19.1. The van der Waals surface area contributed by atoms with Gasteiger partial charge in [-0.2, -0.15) is 0 Å². The fourth-order valence-electron chi connectivity index (χ4n) is 4.00. The number of pyridine rings is 1. The van der Waals surface area contributed by atoms with Crippen LogP contribution in [0.15, 0.2) is 60.7 Å². The Morgan fingerprint density at radius 2 is 1.34 bits per heavy atom. The summed E-state index contributed by atoms with van der Waals surface area (Å²) in [7, 11) is 1.70. The van der Waals surface area contributed by atoms with Crippen molar-refractivity contribution in [1.29, 1.82) is 0 Å². The first-order chi connectivity index (χ1) is 15.7. The highest BCUT2D eigenvalue weighted by molar-refractivity contribution is 5.76. The molecule has 1 aliphatic rings. The highest BCUT2D eigenvalue weighted by Gasteiger charge is 2.21. The highest BCUT2D eigenvalue weighted by atomic mass is 16.5. The predicted octanol–water partition coefficient (Wildman–Crippen LogP) is 4.88. The highest BCUT2D eigenvalue weighted by Crippen LogP contribution is 2.33. The van der Waals surface area contributed by atoms with Crippen molar-refractivity contribution in [3.05, 3.63) is 60.7 Å². The lowest BCUT2D eigenvalue weighted by Gasteiger charge is -2.38. The van der Waals surface area contributed by atoms with E-state index in [1.165, 1.54) is 5.69 Å². The van der Waals surface area contributed by atoms with Crippen LogP contribution >= 0.6 is 0 Å². The molecule has 0 amide bonds. The second kappa shape index (κ2) is 10.3. The third kappa shape index (κ3) is 4.90. The molecule has 168 valence electrons. The molecule has 0 aliphatic carbocycles. The van der Waals surface area contributed by atoms with E-state index in [1.807, 2.05) is 44.2 Å². The van der Waals surface area contributed by atoms with E-state index in [2.05, 4.69) is 40.1 Å². The lowest BCUT2D eigenvalue weighted by atomic mass is 10.1. The minimum absolute atomic E-state index is 0.593. The summed E-state index contributed by atoms with van der Waals surface area (Å²) in [6, 6.07) is 20.5. The topological polar surface area (TPSA) is 47.1 Å². The first-order valence-electron chi connectivity index (χ1n) is 11.2. The lowest BCUT2D eigenvalue weighted by Crippen LogP contribution is -2.46. The van der Waals surface area contributed by atoms with E-state index in [4.69, 9.17) is 19.2 Å². The Morgan fingerprint density at radius 1 is 0.719 bits per heavy atom. The second-order valence-electron chi connectivity index (χ2n) is 7.58. The molecule has 0 spiro atoms. The summed E-state index contributed by atoms with van der Waals surface area (Å²) in [6.45, 7) is 8.95. The third-order valence-electron chi connectivity index (χ3n) is 5.64. The fraction of sp³-hybridized carbons (Fsp3) is 0.346. The average molecular weight is 434 g/mol. The number of methoxy groups -OCH3 is 1. The van der Waals surface area contributed by atoms with Gasteiger partial charge in [-0.15, -0.1) is 0 Å². The van der Waals surface area contributed by atoms with Crippen molar-refractivity contribution in [3.8, 4) is 28.6 Å². The molecule has 2 heterocycles. The summed E-state index contributed by atoms with van der Waals surface area (Å²) in [4.78, 5) is 9.67. The maximum absolute atomic E-state index is 5.69. The molecular weight excluding hydrogens is 402 g/mol. The Bertz CT molecular complexity index is 998. The molecule has 0 atom stereocenters. The lowest BCUT2D eigenvalue weighted by molar-refractivity contribution is 0.327. The molecule has 0 unspecified atom stereocenters. The molecule has 3 aromatic rings. The molecule has 6 heteroatoms. The third-order valence-corrected chi connectivity index (χ3v) is 5.64. The van der Waals surface area contributed by atoms with Crippen LogP contribution in [0.25, 0.3) is 11.3 Å². The van der Waals surface area contributed by atoms with E-state index in [9.17, 15) is 0 Å². The van der Waals surface area contributed by atoms with E-state index in [0.717, 1.165) is 54.6 Å². The van der Waals surface area contributed by atoms with Crippen molar-refractivity contribution in [2.75, 3.05) is 56.3 Å². The maximum Gasteiger partial charge on any atom is 0.213 e. The maximum atomic E-state index is 5.69. The first kappa shape index (κ1) is 21.8. The van der Waals surface area contributed by atoms with Crippen LogP contribution in [0.2, 0.25) is 0 Å². The number of hydrogen-bond donors (Lipinski definition) is 0. The van der Waals surface area contributed by atoms with Gasteiger partial charge in [-0.3, -0.25) is 0 Å². The van der Waals surface area contributed by atoms with Gasteiger partial charge in [-0.05, 0) is 68.4 Å². The molecular formula is C26H31N3O3. The van der Waals surface area contributed by atoms with Gasteiger partial charge in [0.1, 0.15) is 11.5 Å². The molecule has 32 heavy (non-hydrogen) atoms. The van der Waals surface area contributed by atoms with Crippen LogP contribution in [0.5, 0.6) is 17.4 Å². The normalized spacial score (nSPS) is 13.7. The van der Waals surface area contributed by atoms with Crippen LogP contribution in [0, 0.1) is 0 Å². The standard InChI is InChI=1S/C26H31N3O3/c1-4-31-23-10-6-20(7-11-23)26-24(14-15-25(27-26)32-5-2)29-18-16-28(17-19-29)21-8-12-22(30-3)13-9-21/h6-15H,4-5,16-19H2,1-3H3. The minimum Gasteiger partial charge on any atom is -0.497 e. The summed E-state index contributed by atoms with van der Waals surface area (Å²) in [5.41, 5.74) is 4.36. The monoisotopic (exact) mass is 433 g/mol. The zero-order valence-electron chi connectivity index (χ0n) is 19.1. The van der Waals surface area contributed by atoms with Crippen molar-refractivity contribution >= 4 is 11.4 Å². The Morgan fingerprint density at radius 3 is 1.97 bits per heavy atom. The molecule has 0 bridgehead atoms. The van der Waals surface area contributed by atoms with Gasteiger partial charge in [0.15, 0.2) is 0 Å². The molecule has 0 radical (unpaired) electrons. The molecule has 2 aromatic carbocycles. The number of benzene rings is 2. The molecule has 1 aliphatic heterocycles. The van der Waals surface area contributed by atoms with Gasteiger partial charge in [-0.25, -0.2) is 4.98 Å². The Kier molecular flexibility index (Phi) is 7.00. The summed E-state index contributed by atoms with van der Waals surface area (Å²) >= 11 is 0. The molecule has 0 N–H and O–H groups in total. The van der Waals surface area contributed by atoms with E-state index in [1.54, 1.807) is 7.11 Å². The minimum atomic E-state index is 0.593. The van der Waals surface area contributed by atoms with E-state index in [-0.39, 0.29) is 0 Å². The summed E-state index contributed by atoms with van der Waals surface area (Å²) in [5.74, 6) is 2.40. The van der Waals surface area contributed by atoms with Gasteiger partial charge in [0.05, 0.1) is 31.7 Å². The van der Waals surface area contributed by atoms with Crippen LogP contribution in [0.1, 0.15) is 13.8 Å². The van der Waals surface area contributed by atoms with Gasteiger partial charge in [0.25, 0.3) is 0 Å². The molecule has 1 fully saturated rings. The molecule has 6 nitrogen and oxygen atoms in total. The van der Waals surface area contributed by atoms with Crippen LogP contribution < -0.4 is 24.0 Å². The quantitative estimate of drug-likeness (QED) is 0.505. The summed E-state index contributed by atoms with van der Waals surface area (Å²) < 4.78 is 16.6. The van der Waals surface area contributed by atoms with Crippen molar-refractivity contribution < 1.29 is 14.2 Å². The molecule has 0 saturated carbocycles. The number of hydrogen-bond acceptors (Lipinski definition) is 6. The van der Waals surface area contributed by atoms with Crippen LogP contribution in [-0.2, 0) is 0 Å². The van der Waals surface area contributed by atoms with Crippen LogP contribution in [0.3, 0.4) is 0 Å². The van der Waals surface area contributed by atoms with Crippen molar-refractivity contribution in [2.24, 2.45) is 0 Å². The molecule has 1 saturated heterocycles. The van der Waals surface area contributed by atoms with E-state index in [0.29, 0.717) is 19.1 Å². The van der Waals surface area contributed by atoms with Gasteiger partial charge in [0.2, 0.25) is 5.88 Å². The average Bonchev–Trinajstić information content (AvgIpc) is 2.85. The Labute approximate surface area is 190 Å². The summed E-state index contributed by atoms with van der Waals surface area (Å²) in [6.07, 6.45) is 0.